The van der Waals surface area contributed by atoms with Gasteiger partial charge in [0.1, 0.15) is 0 Å². The number of rotatable bonds is 2. The van der Waals surface area contributed by atoms with Crippen molar-refractivity contribution < 1.29 is 4.74 Å². The van der Waals surface area contributed by atoms with Crippen LogP contribution in [0.4, 0.5) is 5.69 Å². The molecule has 0 saturated carbocycles. The van der Waals surface area contributed by atoms with Gasteiger partial charge in [0.2, 0.25) is 0 Å². The van der Waals surface area contributed by atoms with Gasteiger partial charge < -0.3 is 9.64 Å². The summed E-state index contributed by atoms with van der Waals surface area (Å²) in [6.07, 6.45) is 0. The first-order valence-corrected chi connectivity index (χ1v) is 4.62. The largest absolute Gasteiger partial charge is 0.380 e. The van der Waals surface area contributed by atoms with E-state index in [1.165, 1.54) is 11.3 Å². The molecular weight excluding hydrogens is 162 g/mol. The molecule has 0 unspecified atom stereocenters. The summed E-state index contributed by atoms with van der Waals surface area (Å²) >= 11 is 0. The molecule has 0 bridgehead atoms. The third-order valence-corrected chi connectivity index (χ3v) is 2.52. The lowest BCUT2D eigenvalue weighted by Gasteiger charge is -2.26. The monoisotopic (exact) mass is 177 g/mol. The molecular formula is C11H15NO. The maximum absolute atomic E-state index is 5.16. The summed E-state index contributed by atoms with van der Waals surface area (Å²) in [5, 5.41) is 0. The van der Waals surface area contributed by atoms with Gasteiger partial charge in [0.05, 0.1) is 13.2 Å². The highest BCUT2D eigenvalue weighted by Gasteiger charge is 2.19. The number of anilines is 1. The van der Waals surface area contributed by atoms with Gasteiger partial charge in [-0.1, -0.05) is 12.1 Å². The van der Waals surface area contributed by atoms with Gasteiger partial charge in [0, 0.05) is 25.7 Å². The SMILES string of the molecule is CN(C)c1ccc(C2COC2)cc1. The van der Waals surface area contributed by atoms with E-state index in [4.69, 9.17) is 4.74 Å². The van der Waals surface area contributed by atoms with Gasteiger partial charge in [-0.15, -0.1) is 0 Å². The molecule has 1 aliphatic heterocycles. The summed E-state index contributed by atoms with van der Waals surface area (Å²) in [6.45, 7) is 1.78. The number of hydrogen-bond acceptors (Lipinski definition) is 2. The molecule has 0 amide bonds. The molecule has 0 atom stereocenters. The smallest absolute Gasteiger partial charge is 0.0557 e. The lowest BCUT2D eigenvalue weighted by atomic mass is 9.97. The zero-order valence-electron chi connectivity index (χ0n) is 8.16. The predicted molar refractivity (Wildman–Crippen MR) is 54.3 cm³/mol. The Balaban J connectivity index is 2.13. The zero-order valence-corrected chi connectivity index (χ0v) is 8.16. The van der Waals surface area contributed by atoms with Crippen LogP contribution in [-0.4, -0.2) is 27.3 Å². The van der Waals surface area contributed by atoms with Gasteiger partial charge >= 0.3 is 0 Å². The minimum Gasteiger partial charge on any atom is -0.380 e. The fraction of sp³-hybridized carbons (Fsp3) is 0.455. The van der Waals surface area contributed by atoms with Crippen LogP contribution in [0.2, 0.25) is 0 Å². The van der Waals surface area contributed by atoms with Gasteiger partial charge in [-0.3, -0.25) is 0 Å². The average molecular weight is 177 g/mol. The van der Waals surface area contributed by atoms with E-state index in [0.29, 0.717) is 5.92 Å². The van der Waals surface area contributed by atoms with E-state index in [1.54, 1.807) is 0 Å². The highest BCUT2D eigenvalue weighted by Crippen LogP contribution is 2.25. The van der Waals surface area contributed by atoms with Crippen molar-refractivity contribution in [2.75, 3.05) is 32.2 Å². The number of hydrogen-bond donors (Lipinski definition) is 0. The maximum Gasteiger partial charge on any atom is 0.0557 e. The van der Waals surface area contributed by atoms with Crippen molar-refractivity contribution in [1.82, 2.24) is 0 Å². The van der Waals surface area contributed by atoms with Crippen LogP contribution in [0.1, 0.15) is 11.5 Å². The summed E-state index contributed by atoms with van der Waals surface area (Å²) in [7, 11) is 4.11. The maximum atomic E-state index is 5.16. The second-order valence-electron chi connectivity index (χ2n) is 3.72. The molecule has 1 aromatic rings. The molecule has 2 nitrogen and oxygen atoms in total. The van der Waals surface area contributed by atoms with Crippen LogP contribution in [0, 0.1) is 0 Å². The second-order valence-corrected chi connectivity index (χ2v) is 3.72. The van der Waals surface area contributed by atoms with Crippen molar-refractivity contribution in [3.63, 3.8) is 0 Å². The summed E-state index contributed by atoms with van der Waals surface area (Å²) in [6, 6.07) is 8.71. The Hall–Kier alpha value is -1.02. The van der Waals surface area contributed by atoms with Gasteiger partial charge in [-0.05, 0) is 17.7 Å². The molecule has 1 aliphatic rings. The van der Waals surface area contributed by atoms with Crippen LogP contribution in [0.3, 0.4) is 0 Å². The summed E-state index contributed by atoms with van der Waals surface area (Å²) in [5.41, 5.74) is 2.65. The van der Waals surface area contributed by atoms with Gasteiger partial charge in [0.15, 0.2) is 0 Å². The average Bonchev–Trinajstić information content (AvgIpc) is 2.02. The molecule has 1 saturated heterocycles. The van der Waals surface area contributed by atoms with E-state index in [1.807, 2.05) is 0 Å². The van der Waals surface area contributed by atoms with Crippen LogP contribution in [0.25, 0.3) is 0 Å². The van der Waals surface area contributed by atoms with Crippen LogP contribution < -0.4 is 4.90 Å². The lowest BCUT2D eigenvalue weighted by Crippen LogP contribution is -2.25. The third-order valence-electron chi connectivity index (χ3n) is 2.52. The summed E-state index contributed by atoms with van der Waals surface area (Å²) < 4.78 is 5.16. The quantitative estimate of drug-likeness (QED) is 0.683. The predicted octanol–water partition coefficient (Wildman–Crippen LogP) is 1.87. The molecule has 1 fully saturated rings. The molecule has 1 heterocycles. The topological polar surface area (TPSA) is 12.5 Å². The molecule has 0 N–H and O–H groups in total. The molecule has 0 spiro atoms. The fourth-order valence-electron chi connectivity index (χ4n) is 1.47. The highest BCUT2D eigenvalue weighted by molar-refractivity contribution is 5.46. The normalized spacial score (nSPS) is 16.8. The van der Waals surface area contributed by atoms with Crippen LogP contribution >= 0.6 is 0 Å². The van der Waals surface area contributed by atoms with E-state index < -0.39 is 0 Å². The van der Waals surface area contributed by atoms with E-state index in [2.05, 4.69) is 43.3 Å². The third kappa shape index (κ3) is 1.68. The Morgan fingerprint density at radius 2 is 1.77 bits per heavy atom. The van der Waals surface area contributed by atoms with Gasteiger partial charge in [-0.2, -0.15) is 0 Å². The Labute approximate surface area is 79.1 Å². The van der Waals surface area contributed by atoms with Crippen molar-refractivity contribution in [1.29, 1.82) is 0 Å². The van der Waals surface area contributed by atoms with Crippen molar-refractivity contribution in [2.24, 2.45) is 0 Å². The van der Waals surface area contributed by atoms with E-state index >= 15 is 0 Å². The molecule has 0 aromatic heterocycles. The first kappa shape index (κ1) is 8.57. The van der Waals surface area contributed by atoms with Crippen LogP contribution in [0.5, 0.6) is 0 Å². The molecule has 0 radical (unpaired) electrons. The van der Waals surface area contributed by atoms with E-state index in [-0.39, 0.29) is 0 Å². The molecule has 1 aromatic carbocycles. The molecule has 70 valence electrons. The number of nitrogens with zero attached hydrogens (tertiary/aromatic N) is 1. The van der Waals surface area contributed by atoms with Crippen molar-refractivity contribution in [2.45, 2.75) is 5.92 Å². The van der Waals surface area contributed by atoms with Crippen LogP contribution in [0.15, 0.2) is 24.3 Å². The van der Waals surface area contributed by atoms with Crippen LogP contribution in [-0.2, 0) is 4.74 Å². The van der Waals surface area contributed by atoms with Gasteiger partial charge in [-0.25, -0.2) is 0 Å². The number of ether oxygens (including phenoxy) is 1. The standard InChI is InChI=1S/C11H15NO/c1-12(2)11-5-3-9(4-6-11)10-7-13-8-10/h3-6,10H,7-8H2,1-2H3. The first-order chi connectivity index (χ1) is 6.27. The Morgan fingerprint density at radius 3 is 2.15 bits per heavy atom. The van der Waals surface area contributed by atoms with E-state index in [0.717, 1.165) is 13.2 Å². The van der Waals surface area contributed by atoms with Gasteiger partial charge in [0.25, 0.3) is 0 Å². The highest BCUT2D eigenvalue weighted by atomic mass is 16.5. The molecule has 13 heavy (non-hydrogen) atoms. The summed E-state index contributed by atoms with van der Waals surface area (Å²) in [5.74, 6) is 0.635. The molecule has 0 aliphatic carbocycles. The van der Waals surface area contributed by atoms with Crippen molar-refractivity contribution >= 4 is 5.69 Å². The molecule has 2 heteroatoms. The number of benzene rings is 1. The fourth-order valence-corrected chi connectivity index (χ4v) is 1.47. The van der Waals surface area contributed by atoms with E-state index in [9.17, 15) is 0 Å². The lowest BCUT2D eigenvalue weighted by molar-refractivity contribution is 0.00843. The van der Waals surface area contributed by atoms with Crippen molar-refractivity contribution in [3.05, 3.63) is 29.8 Å². The minimum atomic E-state index is 0.635. The Bertz CT molecular complexity index is 275. The first-order valence-electron chi connectivity index (χ1n) is 4.62. The zero-order chi connectivity index (χ0) is 9.26. The summed E-state index contributed by atoms with van der Waals surface area (Å²) in [4.78, 5) is 2.11. The minimum absolute atomic E-state index is 0.635. The Kier molecular flexibility index (Phi) is 2.23. The molecule has 2 rings (SSSR count). The van der Waals surface area contributed by atoms with Crippen molar-refractivity contribution in [3.8, 4) is 0 Å². The Morgan fingerprint density at radius 1 is 1.15 bits per heavy atom. The second kappa shape index (κ2) is 3.38.